The summed E-state index contributed by atoms with van der Waals surface area (Å²) >= 11 is 0. The number of para-hydroxylation sites is 1. The number of alkyl halides is 2. The Balaban J connectivity index is 1.76. The zero-order valence-corrected chi connectivity index (χ0v) is 13.6. The van der Waals surface area contributed by atoms with Gasteiger partial charge in [0.25, 0.3) is 0 Å². The molecule has 1 atom stereocenters. The summed E-state index contributed by atoms with van der Waals surface area (Å²) in [7, 11) is -4.58. The third-order valence-electron chi connectivity index (χ3n) is 4.61. The van der Waals surface area contributed by atoms with Crippen molar-refractivity contribution in [3.63, 3.8) is 0 Å². The SMILES string of the molecule is O=S(=O)(c1ccccc1N1CCN(C2CCNC2)CC1)C(F)F. The van der Waals surface area contributed by atoms with Gasteiger partial charge in [-0.2, -0.15) is 8.78 Å². The fourth-order valence-electron chi connectivity index (χ4n) is 3.33. The number of anilines is 1. The number of sulfone groups is 1. The Labute approximate surface area is 135 Å². The molecule has 0 aromatic heterocycles. The van der Waals surface area contributed by atoms with Crippen molar-refractivity contribution in [2.24, 2.45) is 0 Å². The summed E-state index contributed by atoms with van der Waals surface area (Å²) in [5.74, 6) is -3.39. The van der Waals surface area contributed by atoms with Gasteiger partial charge < -0.3 is 10.2 Å². The van der Waals surface area contributed by atoms with E-state index in [9.17, 15) is 17.2 Å². The smallest absolute Gasteiger partial charge is 0.341 e. The molecular formula is C15H21F2N3O2S. The molecule has 0 spiro atoms. The van der Waals surface area contributed by atoms with Crippen molar-refractivity contribution >= 4 is 15.5 Å². The van der Waals surface area contributed by atoms with Crippen LogP contribution in [-0.4, -0.2) is 64.4 Å². The largest absolute Gasteiger partial charge is 0.368 e. The first kappa shape index (κ1) is 16.6. The first-order valence-corrected chi connectivity index (χ1v) is 9.35. The van der Waals surface area contributed by atoms with Crippen LogP contribution in [0.2, 0.25) is 0 Å². The van der Waals surface area contributed by atoms with Crippen LogP contribution in [0.5, 0.6) is 0 Å². The molecule has 5 nitrogen and oxygen atoms in total. The molecule has 1 aromatic carbocycles. The molecule has 128 valence electrons. The maximum Gasteiger partial charge on any atom is 0.341 e. The molecule has 0 amide bonds. The standard InChI is InChI=1S/C15H21F2N3O2S/c16-15(17)23(21,22)14-4-2-1-3-13(14)20-9-7-19(8-10-20)12-5-6-18-11-12/h1-4,12,15,18H,5-11H2. The summed E-state index contributed by atoms with van der Waals surface area (Å²) in [5, 5.41) is 3.34. The number of halogens is 2. The van der Waals surface area contributed by atoms with Crippen molar-refractivity contribution in [1.82, 2.24) is 10.2 Å². The second-order valence-corrected chi connectivity index (χ2v) is 7.83. The summed E-state index contributed by atoms with van der Waals surface area (Å²) in [4.78, 5) is 4.01. The maximum absolute atomic E-state index is 12.9. The highest BCUT2D eigenvalue weighted by atomic mass is 32.2. The first-order valence-electron chi connectivity index (χ1n) is 7.81. The monoisotopic (exact) mass is 345 g/mol. The van der Waals surface area contributed by atoms with Gasteiger partial charge in [0.1, 0.15) is 0 Å². The van der Waals surface area contributed by atoms with Crippen molar-refractivity contribution in [2.75, 3.05) is 44.2 Å². The van der Waals surface area contributed by atoms with E-state index in [1.165, 1.54) is 12.1 Å². The number of hydrogen-bond acceptors (Lipinski definition) is 5. The number of piperazine rings is 1. The first-order chi connectivity index (χ1) is 11.0. The molecule has 2 saturated heterocycles. The molecule has 3 rings (SSSR count). The van der Waals surface area contributed by atoms with Crippen LogP contribution in [0.25, 0.3) is 0 Å². The average molecular weight is 345 g/mol. The lowest BCUT2D eigenvalue weighted by molar-refractivity contribution is 0.196. The normalized spacial score (nSPS) is 23.6. The number of rotatable bonds is 4. The van der Waals surface area contributed by atoms with E-state index in [0.29, 0.717) is 24.8 Å². The lowest BCUT2D eigenvalue weighted by Gasteiger charge is -2.39. The Kier molecular flexibility index (Phi) is 4.84. The van der Waals surface area contributed by atoms with Crippen molar-refractivity contribution in [2.45, 2.75) is 23.1 Å². The predicted molar refractivity (Wildman–Crippen MR) is 84.7 cm³/mol. The molecule has 23 heavy (non-hydrogen) atoms. The molecule has 0 saturated carbocycles. The molecule has 0 bridgehead atoms. The van der Waals surface area contributed by atoms with E-state index in [1.807, 2.05) is 4.90 Å². The minimum absolute atomic E-state index is 0.272. The molecule has 1 aromatic rings. The highest BCUT2D eigenvalue weighted by Crippen LogP contribution is 2.30. The van der Waals surface area contributed by atoms with E-state index in [-0.39, 0.29) is 4.90 Å². The van der Waals surface area contributed by atoms with Crippen LogP contribution in [0.4, 0.5) is 14.5 Å². The van der Waals surface area contributed by atoms with E-state index < -0.39 is 15.6 Å². The average Bonchev–Trinajstić information content (AvgIpc) is 3.09. The van der Waals surface area contributed by atoms with Gasteiger partial charge in [0.05, 0.1) is 10.6 Å². The molecule has 0 radical (unpaired) electrons. The van der Waals surface area contributed by atoms with Gasteiger partial charge >= 0.3 is 5.76 Å². The molecular weight excluding hydrogens is 324 g/mol. The minimum atomic E-state index is -4.58. The van der Waals surface area contributed by atoms with Crippen LogP contribution in [0, 0.1) is 0 Å². The molecule has 1 unspecified atom stereocenters. The Morgan fingerprint density at radius 2 is 1.83 bits per heavy atom. The predicted octanol–water partition coefficient (Wildman–Crippen LogP) is 1.17. The van der Waals surface area contributed by atoms with Crippen LogP contribution in [0.1, 0.15) is 6.42 Å². The van der Waals surface area contributed by atoms with Gasteiger partial charge in [0, 0.05) is 38.8 Å². The van der Waals surface area contributed by atoms with E-state index in [2.05, 4.69) is 10.2 Å². The molecule has 0 aliphatic carbocycles. The van der Waals surface area contributed by atoms with Crippen LogP contribution in [0.3, 0.4) is 0 Å². The quantitative estimate of drug-likeness (QED) is 0.888. The third-order valence-corrected chi connectivity index (χ3v) is 6.04. The van der Waals surface area contributed by atoms with Crippen molar-refractivity contribution in [1.29, 1.82) is 0 Å². The van der Waals surface area contributed by atoms with E-state index in [4.69, 9.17) is 0 Å². The summed E-state index contributed by atoms with van der Waals surface area (Å²) in [6.07, 6.45) is 1.12. The van der Waals surface area contributed by atoms with E-state index >= 15 is 0 Å². The fraction of sp³-hybridized carbons (Fsp3) is 0.600. The van der Waals surface area contributed by atoms with Crippen molar-refractivity contribution in [3.05, 3.63) is 24.3 Å². The van der Waals surface area contributed by atoms with E-state index in [0.717, 1.165) is 32.6 Å². The van der Waals surface area contributed by atoms with Gasteiger partial charge in [-0.25, -0.2) is 8.42 Å². The highest BCUT2D eigenvalue weighted by molar-refractivity contribution is 7.91. The van der Waals surface area contributed by atoms with Crippen LogP contribution in [0.15, 0.2) is 29.2 Å². The number of hydrogen-bond donors (Lipinski definition) is 1. The number of nitrogens with one attached hydrogen (secondary N) is 1. The summed E-state index contributed by atoms with van der Waals surface area (Å²) < 4.78 is 49.5. The molecule has 2 fully saturated rings. The lowest BCUT2D eigenvalue weighted by Crippen LogP contribution is -2.51. The van der Waals surface area contributed by atoms with Crippen LogP contribution < -0.4 is 10.2 Å². The van der Waals surface area contributed by atoms with Crippen LogP contribution >= 0.6 is 0 Å². The zero-order valence-electron chi connectivity index (χ0n) is 12.8. The summed E-state index contributed by atoms with van der Waals surface area (Å²) in [6, 6.07) is 6.58. The third kappa shape index (κ3) is 3.34. The Morgan fingerprint density at radius 1 is 1.13 bits per heavy atom. The highest BCUT2D eigenvalue weighted by Gasteiger charge is 2.32. The Morgan fingerprint density at radius 3 is 2.43 bits per heavy atom. The number of benzene rings is 1. The topological polar surface area (TPSA) is 52.7 Å². The van der Waals surface area contributed by atoms with Gasteiger partial charge in [-0.3, -0.25) is 4.90 Å². The van der Waals surface area contributed by atoms with E-state index in [1.54, 1.807) is 12.1 Å². The molecule has 2 heterocycles. The Bertz CT molecular complexity index is 640. The lowest BCUT2D eigenvalue weighted by atomic mass is 10.1. The van der Waals surface area contributed by atoms with Crippen molar-refractivity contribution < 1.29 is 17.2 Å². The molecule has 8 heteroatoms. The van der Waals surface area contributed by atoms with Crippen molar-refractivity contribution in [3.8, 4) is 0 Å². The maximum atomic E-state index is 12.9. The van der Waals surface area contributed by atoms with Gasteiger partial charge in [-0.05, 0) is 25.1 Å². The minimum Gasteiger partial charge on any atom is -0.368 e. The Hall–Kier alpha value is -1.25. The molecule has 2 aliphatic rings. The van der Waals surface area contributed by atoms with Crippen LogP contribution in [-0.2, 0) is 9.84 Å². The second-order valence-electron chi connectivity index (χ2n) is 5.94. The van der Waals surface area contributed by atoms with Gasteiger partial charge in [-0.15, -0.1) is 0 Å². The number of nitrogens with zero attached hydrogens (tertiary/aromatic N) is 2. The molecule has 2 aliphatic heterocycles. The van der Waals surface area contributed by atoms with Gasteiger partial charge in [0.15, 0.2) is 0 Å². The summed E-state index contributed by atoms with van der Waals surface area (Å²) in [6.45, 7) is 4.93. The molecule has 1 N–H and O–H groups in total. The fourth-order valence-corrected chi connectivity index (χ4v) is 4.28. The second kappa shape index (κ2) is 6.70. The summed E-state index contributed by atoms with van der Waals surface area (Å²) in [5.41, 5.74) is 0.386. The zero-order chi connectivity index (χ0) is 16.4. The van der Waals surface area contributed by atoms with Gasteiger partial charge in [-0.1, -0.05) is 12.1 Å². The van der Waals surface area contributed by atoms with Gasteiger partial charge in [0.2, 0.25) is 9.84 Å².